The topological polar surface area (TPSA) is 81.7 Å². The minimum absolute atomic E-state index is 0.0399. The van der Waals surface area contributed by atoms with E-state index >= 15 is 0 Å². The van der Waals surface area contributed by atoms with Gasteiger partial charge in [0.05, 0.1) is 10.5 Å². The lowest BCUT2D eigenvalue weighted by Crippen LogP contribution is -1.98. The van der Waals surface area contributed by atoms with Crippen molar-refractivity contribution in [1.82, 2.24) is 0 Å². The molecule has 0 atom stereocenters. The Balaban J connectivity index is 2.96. The van der Waals surface area contributed by atoms with E-state index in [1.54, 1.807) is 24.3 Å². The van der Waals surface area contributed by atoms with Gasteiger partial charge in [-0.3, -0.25) is 0 Å². The fraction of sp³-hybridized carbons (Fsp3) is 0. The smallest absolute Gasteiger partial charge is 0.218 e. The Kier molecular flexibility index (Phi) is 1.85. The van der Waals surface area contributed by atoms with Gasteiger partial charge in [0.2, 0.25) is 9.84 Å². The van der Waals surface area contributed by atoms with E-state index in [0.29, 0.717) is 5.56 Å². The number of nitriles is 2. The van der Waals surface area contributed by atoms with Gasteiger partial charge in [-0.1, -0.05) is 18.2 Å². The van der Waals surface area contributed by atoms with Crippen LogP contribution >= 0.6 is 0 Å². The Bertz CT molecular complexity index is 657. The number of benzene rings is 1. The van der Waals surface area contributed by atoms with E-state index in [4.69, 9.17) is 10.5 Å². The summed E-state index contributed by atoms with van der Waals surface area (Å²) in [5.41, 5.74) is 0.254. The highest BCUT2D eigenvalue weighted by Gasteiger charge is 2.35. The molecule has 1 aromatic rings. The molecular weight excluding hydrogens is 212 g/mol. The summed E-state index contributed by atoms with van der Waals surface area (Å²) in [6.07, 6.45) is 0. The highest BCUT2D eigenvalue weighted by atomic mass is 32.2. The summed E-state index contributed by atoms with van der Waals surface area (Å²) >= 11 is 0. The molecule has 0 amide bonds. The normalized spacial score (nSPS) is 16.7. The molecule has 0 unspecified atom stereocenters. The van der Waals surface area contributed by atoms with Crippen LogP contribution in [0.3, 0.4) is 0 Å². The van der Waals surface area contributed by atoms with Crippen molar-refractivity contribution in [3.05, 3.63) is 34.7 Å². The van der Waals surface area contributed by atoms with Crippen LogP contribution in [0.15, 0.2) is 34.1 Å². The van der Waals surface area contributed by atoms with Crippen molar-refractivity contribution in [3.8, 4) is 12.1 Å². The molecule has 0 bridgehead atoms. The molecule has 15 heavy (non-hydrogen) atoms. The third-order valence-electron chi connectivity index (χ3n) is 2.16. The zero-order valence-electron chi connectivity index (χ0n) is 7.43. The SMILES string of the molecule is N#CC1=C(C#N)S(=O)(=O)c2ccccc21. The van der Waals surface area contributed by atoms with Crippen LogP contribution in [0.25, 0.3) is 5.57 Å². The molecule has 0 spiro atoms. The minimum atomic E-state index is -3.76. The molecule has 2 rings (SSSR count). The van der Waals surface area contributed by atoms with Gasteiger partial charge in [0.25, 0.3) is 0 Å². The van der Waals surface area contributed by atoms with Crippen molar-refractivity contribution in [2.75, 3.05) is 0 Å². The Morgan fingerprint density at radius 1 is 1.07 bits per heavy atom. The third-order valence-corrected chi connectivity index (χ3v) is 3.92. The lowest BCUT2D eigenvalue weighted by molar-refractivity contribution is 0.604. The summed E-state index contributed by atoms with van der Waals surface area (Å²) in [6.45, 7) is 0. The molecule has 0 N–H and O–H groups in total. The van der Waals surface area contributed by atoms with Crippen LogP contribution in [0.1, 0.15) is 5.56 Å². The molecule has 1 heterocycles. The van der Waals surface area contributed by atoms with Crippen molar-refractivity contribution in [3.63, 3.8) is 0 Å². The quantitative estimate of drug-likeness (QED) is 0.653. The number of nitrogens with zero attached hydrogens (tertiary/aromatic N) is 2. The summed E-state index contributed by atoms with van der Waals surface area (Å²) in [7, 11) is -3.76. The van der Waals surface area contributed by atoms with Gasteiger partial charge >= 0.3 is 0 Å². The van der Waals surface area contributed by atoms with Crippen molar-refractivity contribution in [2.45, 2.75) is 4.90 Å². The number of fused-ring (bicyclic) bond motifs is 1. The van der Waals surface area contributed by atoms with Crippen LogP contribution in [-0.2, 0) is 9.84 Å². The highest BCUT2D eigenvalue weighted by molar-refractivity contribution is 7.96. The first-order valence-corrected chi connectivity index (χ1v) is 5.50. The Morgan fingerprint density at radius 3 is 2.33 bits per heavy atom. The molecule has 0 radical (unpaired) electrons. The fourth-order valence-corrected chi connectivity index (χ4v) is 2.98. The Morgan fingerprint density at radius 2 is 1.73 bits per heavy atom. The number of hydrogen-bond acceptors (Lipinski definition) is 4. The van der Waals surface area contributed by atoms with Crippen LogP contribution in [0, 0.1) is 22.7 Å². The van der Waals surface area contributed by atoms with Crippen LogP contribution in [0.2, 0.25) is 0 Å². The maximum Gasteiger partial charge on any atom is 0.218 e. The summed E-state index contributed by atoms with van der Waals surface area (Å²) in [5, 5.41) is 17.6. The molecule has 5 heteroatoms. The molecule has 1 aromatic carbocycles. The molecule has 0 fully saturated rings. The Hall–Kier alpha value is -2.11. The average molecular weight is 216 g/mol. The first-order valence-electron chi connectivity index (χ1n) is 4.02. The van der Waals surface area contributed by atoms with E-state index in [0.717, 1.165) is 0 Å². The molecule has 72 valence electrons. The van der Waals surface area contributed by atoms with Crippen molar-refractivity contribution in [1.29, 1.82) is 10.5 Å². The number of sulfone groups is 1. The second kappa shape index (κ2) is 2.94. The van der Waals surface area contributed by atoms with E-state index in [-0.39, 0.29) is 10.5 Å². The van der Waals surface area contributed by atoms with Gasteiger partial charge in [0.1, 0.15) is 12.1 Å². The molecule has 4 nitrogen and oxygen atoms in total. The lowest BCUT2D eigenvalue weighted by Gasteiger charge is -1.96. The van der Waals surface area contributed by atoms with Gasteiger partial charge in [-0.2, -0.15) is 10.5 Å². The highest BCUT2D eigenvalue weighted by Crippen LogP contribution is 2.37. The van der Waals surface area contributed by atoms with Gasteiger partial charge in [-0.15, -0.1) is 0 Å². The lowest BCUT2D eigenvalue weighted by atomic mass is 10.1. The molecule has 1 aliphatic rings. The maximum absolute atomic E-state index is 11.8. The zero-order valence-corrected chi connectivity index (χ0v) is 8.25. The van der Waals surface area contributed by atoms with E-state index in [2.05, 4.69) is 0 Å². The van der Waals surface area contributed by atoms with E-state index < -0.39 is 14.7 Å². The summed E-state index contributed by atoms with van der Waals surface area (Å²) in [4.78, 5) is -0.413. The summed E-state index contributed by atoms with van der Waals surface area (Å²) in [6, 6.07) is 9.44. The number of allylic oxidation sites excluding steroid dienone is 2. The summed E-state index contributed by atoms with van der Waals surface area (Å²) in [5.74, 6) is 0. The molecule has 1 aliphatic heterocycles. The van der Waals surface area contributed by atoms with E-state index in [1.807, 2.05) is 0 Å². The van der Waals surface area contributed by atoms with Gasteiger partial charge in [0, 0.05) is 5.56 Å². The van der Waals surface area contributed by atoms with Crippen molar-refractivity contribution >= 4 is 15.4 Å². The minimum Gasteiger partial charge on any atom is -0.218 e. The predicted octanol–water partition coefficient (Wildman–Crippen LogP) is 1.23. The van der Waals surface area contributed by atoms with Crippen LogP contribution in [-0.4, -0.2) is 8.42 Å². The first kappa shape index (κ1) is 9.45. The molecule has 0 aliphatic carbocycles. The molecule has 0 saturated carbocycles. The third kappa shape index (κ3) is 1.08. The van der Waals surface area contributed by atoms with E-state index in [1.165, 1.54) is 12.1 Å². The largest absolute Gasteiger partial charge is 0.218 e. The first-order chi connectivity index (χ1) is 7.12. The number of hydrogen-bond donors (Lipinski definition) is 0. The van der Waals surface area contributed by atoms with Crippen molar-refractivity contribution in [2.24, 2.45) is 0 Å². The van der Waals surface area contributed by atoms with E-state index in [9.17, 15) is 8.42 Å². The summed E-state index contributed by atoms with van der Waals surface area (Å²) < 4.78 is 23.5. The molecule has 0 saturated heterocycles. The van der Waals surface area contributed by atoms with Crippen LogP contribution in [0.5, 0.6) is 0 Å². The monoisotopic (exact) mass is 216 g/mol. The fourth-order valence-electron chi connectivity index (χ4n) is 1.50. The molecular formula is C10H4N2O2S. The Labute approximate surface area is 86.6 Å². The predicted molar refractivity (Wildman–Crippen MR) is 51.8 cm³/mol. The standard InChI is InChI=1S/C10H4N2O2S/c11-5-8-7-3-1-2-4-9(7)15(13,14)10(8)6-12/h1-4H. The average Bonchev–Trinajstić information content (AvgIpc) is 2.46. The number of rotatable bonds is 0. The maximum atomic E-state index is 11.8. The second-order valence-corrected chi connectivity index (χ2v) is 4.78. The van der Waals surface area contributed by atoms with Gasteiger partial charge in [-0.25, -0.2) is 8.42 Å². The second-order valence-electron chi connectivity index (χ2n) is 2.93. The van der Waals surface area contributed by atoms with Gasteiger partial charge < -0.3 is 0 Å². The van der Waals surface area contributed by atoms with Gasteiger partial charge in [-0.05, 0) is 6.07 Å². The zero-order chi connectivity index (χ0) is 11.1. The van der Waals surface area contributed by atoms with Crippen LogP contribution < -0.4 is 0 Å². The molecule has 0 aromatic heterocycles. The van der Waals surface area contributed by atoms with Gasteiger partial charge in [0.15, 0.2) is 4.91 Å². The van der Waals surface area contributed by atoms with Crippen LogP contribution in [0.4, 0.5) is 0 Å². The van der Waals surface area contributed by atoms with Crippen molar-refractivity contribution < 1.29 is 8.42 Å².